The van der Waals surface area contributed by atoms with Gasteiger partial charge in [-0.2, -0.15) is 0 Å². The third kappa shape index (κ3) is 1.62. The summed E-state index contributed by atoms with van der Waals surface area (Å²) in [6.45, 7) is 0. The van der Waals surface area contributed by atoms with Crippen molar-refractivity contribution < 1.29 is 9.31 Å². The Morgan fingerprint density at radius 3 is 2.45 bits per heavy atom. The van der Waals surface area contributed by atoms with Crippen LogP contribution in [0.5, 0.6) is 0 Å². The van der Waals surface area contributed by atoms with E-state index in [2.05, 4.69) is 0 Å². The largest absolute Gasteiger partial charge is 0.325 e. The van der Waals surface area contributed by atoms with Gasteiger partial charge < -0.3 is 5.73 Å². The molecule has 0 spiro atoms. The van der Waals surface area contributed by atoms with Gasteiger partial charge in [-0.3, -0.25) is 10.1 Å². The van der Waals surface area contributed by atoms with Crippen LogP contribution in [0.1, 0.15) is 55.1 Å². The van der Waals surface area contributed by atoms with Crippen LogP contribution in [-0.4, -0.2) is 16.1 Å². The van der Waals surface area contributed by atoms with E-state index in [1.807, 2.05) is 6.07 Å². The lowest BCUT2D eigenvalue weighted by atomic mass is 9.61. The van der Waals surface area contributed by atoms with Crippen LogP contribution in [0, 0.1) is 10.1 Å². The third-order valence-electron chi connectivity index (χ3n) is 5.36. The average Bonchev–Trinajstić information content (AvgIpc) is 2.47. The van der Waals surface area contributed by atoms with E-state index in [0.717, 1.165) is 24.0 Å². The molecule has 0 radical (unpaired) electrons. The standard InChI is InChI=1S/C15H17FN2O2/c16-14-4-9-6-15(17,8-14)7-10(5-14)13-3-11(18(19)20)1-2-12(9)13/h1-3,9-10H,4-8,17H2. The summed E-state index contributed by atoms with van der Waals surface area (Å²) in [5, 5.41) is 11.0. The first-order valence-electron chi connectivity index (χ1n) is 7.14. The average molecular weight is 276 g/mol. The summed E-state index contributed by atoms with van der Waals surface area (Å²) in [7, 11) is 0. The predicted molar refractivity (Wildman–Crippen MR) is 72.4 cm³/mol. The Bertz CT molecular complexity index is 600. The van der Waals surface area contributed by atoms with E-state index in [4.69, 9.17) is 5.73 Å². The van der Waals surface area contributed by atoms with Gasteiger partial charge in [0.25, 0.3) is 5.69 Å². The van der Waals surface area contributed by atoms with Gasteiger partial charge in [0.2, 0.25) is 0 Å². The lowest BCUT2D eigenvalue weighted by Gasteiger charge is -2.49. The first kappa shape index (κ1) is 12.3. The second-order valence-electron chi connectivity index (χ2n) is 6.97. The lowest BCUT2D eigenvalue weighted by Crippen LogP contribution is -2.55. The van der Waals surface area contributed by atoms with E-state index in [9.17, 15) is 14.5 Å². The second kappa shape index (κ2) is 3.58. The highest BCUT2D eigenvalue weighted by Crippen LogP contribution is 2.60. The Kier molecular flexibility index (Phi) is 2.20. The fourth-order valence-corrected chi connectivity index (χ4v) is 4.94. The van der Waals surface area contributed by atoms with E-state index in [1.165, 1.54) is 0 Å². The van der Waals surface area contributed by atoms with Crippen molar-refractivity contribution in [1.29, 1.82) is 0 Å². The van der Waals surface area contributed by atoms with Crippen LogP contribution < -0.4 is 5.73 Å². The summed E-state index contributed by atoms with van der Waals surface area (Å²) in [5.74, 6) is 0.142. The molecular weight excluding hydrogens is 259 g/mol. The maximum Gasteiger partial charge on any atom is 0.269 e. The fraction of sp³-hybridized carbons (Fsp3) is 0.600. The summed E-state index contributed by atoms with van der Waals surface area (Å²) in [6.07, 6.45) is 3.00. The molecule has 0 aliphatic heterocycles. The maximum atomic E-state index is 15.0. The van der Waals surface area contributed by atoms with Crippen molar-refractivity contribution in [3.05, 3.63) is 39.4 Å². The number of hydrogen-bond acceptors (Lipinski definition) is 3. The molecule has 4 bridgehead atoms. The monoisotopic (exact) mass is 276 g/mol. The lowest BCUT2D eigenvalue weighted by molar-refractivity contribution is -0.385. The zero-order chi connectivity index (χ0) is 14.1. The van der Waals surface area contributed by atoms with Crippen molar-refractivity contribution >= 4 is 5.69 Å². The summed E-state index contributed by atoms with van der Waals surface area (Å²) in [5.41, 5.74) is 6.95. The SMILES string of the molecule is NC12CC3CC(F)(CC(C1)c1cc([N+](=O)[O-])ccc13)C2. The van der Waals surface area contributed by atoms with Crippen LogP contribution in [0.25, 0.3) is 0 Å². The highest BCUT2D eigenvalue weighted by atomic mass is 19.1. The van der Waals surface area contributed by atoms with Crippen molar-refractivity contribution in [3.63, 3.8) is 0 Å². The van der Waals surface area contributed by atoms with Crippen molar-refractivity contribution in [3.8, 4) is 0 Å². The van der Waals surface area contributed by atoms with Gasteiger partial charge in [-0.1, -0.05) is 6.07 Å². The van der Waals surface area contributed by atoms with Crippen molar-refractivity contribution in [1.82, 2.24) is 0 Å². The Balaban J connectivity index is 1.89. The van der Waals surface area contributed by atoms with Crippen LogP contribution in [0.2, 0.25) is 0 Å². The number of hydrogen-bond donors (Lipinski definition) is 1. The third-order valence-corrected chi connectivity index (χ3v) is 5.36. The second-order valence-corrected chi connectivity index (χ2v) is 6.97. The molecule has 4 nitrogen and oxygen atoms in total. The summed E-state index contributed by atoms with van der Waals surface area (Å²) in [6, 6.07) is 5.02. The summed E-state index contributed by atoms with van der Waals surface area (Å²) >= 11 is 0. The molecule has 2 N–H and O–H groups in total. The molecule has 0 saturated heterocycles. The zero-order valence-electron chi connectivity index (χ0n) is 11.1. The summed E-state index contributed by atoms with van der Waals surface area (Å²) in [4.78, 5) is 10.6. The van der Waals surface area contributed by atoms with Gasteiger partial charge in [-0.25, -0.2) is 4.39 Å². The van der Waals surface area contributed by atoms with E-state index in [-0.39, 0.29) is 22.4 Å². The minimum Gasteiger partial charge on any atom is -0.325 e. The van der Waals surface area contributed by atoms with Crippen molar-refractivity contribution in [2.24, 2.45) is 5.73 Å². The Labute approximate surface area is 116 Å². The fourth-order valence-electron chi connectivity index (χ4n) is 4.94. The molecule has 1 aromatic carbocycles. The predicted octanol–water partition coefficient (Wildman–Crippen LogP) is 3.16. The number of rotatable bonds is 1. The van der Waals surface area contributed by atoms with Crippen molar-refractivity contribution in [2.45, 2.75) is 55.1 Å². The molecule has 106 valence electrons. The molecule has 4 aliphatic rings. The molecule has 5 rings (SSSR count). The van der Waals surface area contributed by atoms with Crippen LogP contribution >= 0.6 is 0 Å². The van der Waals surface area contributed by atoms with E-state index < -0.39 is 11.2 Å². The molecule has 0 aromatic heterocycles. The van der Waals surface area contributed by atoms with E-state index >= 15 is 0 Å². The van der Waals surface area contributed by atoms with Crippen LogP contribution in [0.4, 0.5) is 10.1 Å². The first-order chi connectivity index (χ1) is 9.38. The molecule has 4 atom stereocenters. The number of benzene rings is 1. The van der Waals surface area contributed by atoms with Gasteiger partial charge in [-0.15, -0.1) is 0 Å². The van der Waals surface area contributed by atoms with Gasteiger partial charge in [-0.05, 0) is 55.1 Å². The van der Waals surface area contributed by atoms with Crippen LogP contribution in [0.15, 0.2) is 18.2 Å². The number of nitro benzene ring substituents is 1. The van der Waals surface area contributed by atoms with Gasteiger partial charge in [0, 0.05) is 17.7 Å². The minimum atomic E-state index is -1.19. The number of non-ortho nitro benzene ring substituents is 1. The van der Waals surface area contributed by atoms with Gasteiger partial charge in [0.15, 0.2) is 0 Å². The van der Waals surface area contributed by atoms with Gasteiger partial charge in [0.05, 0.1) is 4.92 Å². The Morgan fingerprint density at radius 1 is 1.20 bits per heavy atom. The normalized spacial score (nSPS) is 41.3. The number of nitrogens with two attached hydrogens (primary N) is 1. The highest BCUT2D eigenvalue weighted by molar-refractivity contribution is 5.47. The molecule has 2 fully saturated rings. The van der Waals surface area contributed by atoms with E-state index in [1.54, 1.807) is 12.1 Å². The Morgan fingerprint density at radius 2 is 1.85 bits per heavy atom. The maximum absolute atomic E-state index is 15.0. The molecule has 0 amide bonds. The molecular formula is C15H17FN2O2. The minimum absolute atomic E-state index is 0.0288. The van der Waals surface area contributed by atoms with Gasteiger partial charge >= 0.3 is 0 Å². The number of nitrogens with zero attached hydrogens (tertiary/aromatic N) is 1. The summed E-state index contributed by atoms with van der Waals surface area (Å²) < 4.78 is 15.0. The number of halogens is 1. The molecule has 2 saturated carbocycles. The first-order valence-corrected chi connectivity index (χ1v) is 7.14. The van der Waals surface area contributed by atoms with Crippen molar-refractivity contribution in [2.75, 3.05) is 0 Å². The topological polar surface area (TPSA) is 69.2 Å². The smallest absolute Gasteiger partial charge is 0.269 e. The molecule has 0 heterocycles. The molecule has 4 aliphatic carbocycles. The zero-order valence-corrected chi connectivity index (χ0v) is 11.1. The number of alkyl halides is 1. The quantitative estimate of drug-likeness (QED) is 0.632. The van der Waals surface area contributed by atoms with E-state index in [0.29, 0.717) is 19.3 Å². The number of nitro groups is 1. The van der Waals surface area contributed by atoms with Gasteiger partial charge in [0.1, 0.15) is 5.67 Å². The van der Waals surface area contributed by atoms with Crippen LogP contribution in [0.3, 0.4) is 0 Å². The molecule has 20 heavy (non-hydrogen) atoms. The Hall–Kier alpha value is -1.49. The van der Waals surface area contributed by atoms with Crippen LogP contribution in [-0.2, 0) is 0 Å². The molecule has 1 aromatic rings. The highest BCUT2D eigenvalue weighted by Gasteiger charge is 2.56. The molecule has 5 heteroatoms. The molecule has 4 unspecified atom stereocenters.